The molecule has 3 N–H and O–H groups in total. The van der Waals surface area contributed by atoms with Crippen molar-refractivity contribution >= 4 is 23.9 Å². The van der Waals surface area contributed by atoms with E-state index in [2.05, 4.69) is 10.3 Å². The Balaban J connectivity index is 2.81. The standard InChI is InChI=1S/C16H23N3O5/c1-10(2)24-16(22)13(5-4-12(20)8-17)19-15(21)14(23-3)11-6-7-18-9-11/h6-10,13-14,17-18H,4-5H2,1-3H3,(H,19,21)/t13-,14+/m0/s1. The first-order valence-electron chi connectivity index (χ1n) is 7.58. The third-order valence-electron chi connectivity index (χ3n) is 3.19. The van der Waals surface area contributed by atoms with E-state index in [0.717, 1.165) is 0 Å². The van der Waals surface area contributed by atoms with Crippen molar-refractivity contribution in [2.75, 3.05) is 7.11 Å². The van der Waals surface area contributed by atoms with Crippen molar-refractivity contribution in [3.05, 3.63) is 24.0 Å². The molecule has 0 bridgehead atoms. The summed E-state index contributed by atoms with van der Waals surface area (Å²) in [7, 11) is 1.39. The van der Waals surface area contributed by atoms with E-state index in [1.54, 1.807) is 32.3 Å². The fourth-order valence-corrected chi connectivity index (χ4v) is 2.06. The Labute approximate surface area is 140 Å². The van der Waals surface area contributed by atoms with Crippen LogP contribution in [0.15, 0.2) is 18.5 Å². The minimum Gasteiger partial charge on any atom is -0.461 e. The minimum atomic E-state index is -0.986. The summed E-state index contributed by atoms with van der Waals surface area (Å²) in [6, 6.07) is 0.703. The van der Waals surface area contributed by atoms with Crippen molar-refractivity contribution in [3.63, 3.8) is 0 Å². The first kappa shape index (κ1) is 19.6. The topological polar surface area (TPSA) is 121 Å². The van der Waals surface area contributed by atoms with E-state index >= 15 is 0 Å². The van der Waals surface area contributed by atoms with E-state index in [-0.39, 0.29) is 18.9 Å². The van der Waals surface area contributed by atoms with Gasteiger partial charge in [-0.2, -0.15) is 0 Å². The number of aromatic nitrogens is 1. The second-order valence-corrected chi connectivity index (χ2v) is 5.46. The summed E-state index contributed by atoms with van der Waals surface area (Å²) in [4.78, 5) is 38.7. The number of rotatable bonds is 10. The molecular weight excluding hydrogens is 314 g/mol. The number of amides is 1. The molecule has 1 rings (SSSR count). The Hall–Kier alpha value is -2.48. The first-order chi connectivity index (χ1) is 11.4. The largest absolute Gasteiger partial charge is 0.461 e. The second kappa shape index (κ2) is 9.61. The molecule has 1 heterocycles. The van der Waals surface area contributed by atoms with Crippen LogP contribution < -0.4 is 5.32 Å². The Morgan fingerprint density at radius 1 is 1.38 bits per heavy atom. The molecule has 1 aromatic rings. The van der Waals surface area contributed by atoms with Crippen LogP contribution >= 0.6 is 0 Å². The molecule has 2 atom stereocenters. The van der Waals surface area contributed by atoms with Crippen molar-refractivity contribution < 1.29 is 23.9 Å². The van der Waals surface area contributed by atoms with Gasteiger partial charge >= 0.3 is 5.97 Å². The molecule has 0 spiro atoms. The van der Waals surface area contributed by atoms with E-state index in [0.29, 0.717) is 11.8 Å². The molecule has 0 saturated heterocycles. The number of carbonyl (C=O) groups is 3. The smallest absolute Gasteiger partial charge is 0.328 e. The maximum atomic E-state index is 12.4. The first-order valence-corrected chi connectivity index (χ1v) is 7.58. The van der Waals surface area contributed by atoms with Gasteiger partial charge in [-0.3, -0.25) is 9.59 Å². The lowest BCUT2D eigenvalue weighted by molar-refractivity contribution is -0.152. The van der Waals surface area contributed by atoms with Gasteiger partial charge in [0.1, 0.15) is 6.04 Å². The second-order valence-electron chi connectivity index (χ2n) is 5.46. The quantitative estimate of drug-likeness (QED) is 0.436. The van der Waals surface area contributed by atoms with E-state index in [9.17, 15) is 14.4 Å². The van der Waals surface area contributed by atoms with Crippen molar-refractivity contribution in [3.8, 4) is 0 Å². The fourth-order valence-electron chi connectivity index (χ4n) is 2.06. The third-order valence-corrected chi connectivity index (χ3v) is 3.19. The number of hydrogen-bond acceptors (Lipinski definition) is 6. The molecule has 0 aliphatic heterocycles. The van der Waals surface area contributed by atoms with Gasteiger partial charge in [-0.05, 0) is 26.3 Å². The van der Waals surface area contributed by atoms with E-state index in [1.165, 1.54) is 7.11 Å². The summed E-state index contributed by atoms with van der Waals surface area (Å²) >= 11 is 0. The number of carbonyl (C=O) groups excluding carboxylic acids is 3. The lowest BCUT2D eigenvalue weighted by Gasteiger charge is -2.21. The van der Waals surface area contributed by atoms with Crippen LogP contribution in [0, 0.1) is 5.41 Å². The van der Waals surface area contributed by atoms with Gasteiger partial charge in [0, 0.05) is 31.5 Å². The monoisotopic (exact) mass is 337 g/mol. The predicted molar refractivity (Wildman–Crippen MR) is 86.7 cm³/mol. The molecule has 0 radical (unpaired) electrons. The third kappa shape index (κ3) is 5.96. The number of nitrogens with one attached hydrogen (secondary N) is 3. The molecule has 8 heteroatoms. The summed E-state index contributed by atoms with van der Waals surface area (Å²) in [5.74, 6) is -1.56. The highest BCUT2D eigenvalue weighted by Gasteiger charge is 2.28. The number of esters is 1. The number of ketones is 1. The number of hydrogen-bond donors (Lipinski definition) is 3. The Kier molecular flexibility index (Phi) is 7.84. The molecule has 0 aliphatic rings. The molecule has 8 nitrogen and oxygen atoms in total. The minimum absolute atomic E-state index is 0.0382. The molecule has 0 unspecified atom stereocenters. The van der Waals surface area contributed by atoms with Gasteiger partial charge in [-0.1, -0.05) is 0 Å². The van der Waals surface area contributed by atoms with Gasteiger partial charge in [-0.25, -0.2) is 4.79 Å². The van der Waals surface area contributed by atoms with Gasteiger partial charge < -0.3 is 25.2 Å². The van der Waals surface area contributed by atoms with Crippen LogP contribution in [0.5, 0.6) is 0 Å². The SMILES string of the molecule is CO[C@@H](C(=O)N[C@@H](CCC(=O)C=N)C(=O)OC(C)C)c1cc[nH]c1. The van der Waals surface area contributed by atoms with Crippen LogP contribution in [0.25, 0.3) is 0 Å². The average Bonchev–Trinajstić information content (AvgIpc) is 3.05. The molecule has 1 aromatic heterocycles. The molecule has 1 amide bonds. The zero-order valence-corrected chi connectivity index (χ0v) is 14.0. The van der Waals surface area contributed by atoms with E-state index < -0.39 is 29.8 Å². The van der Waals surface area contributed by atoms with Crippen LogP contribution in [0.2, 0.25) is 0 Å². The number of H-pyrrole nitrogens is 1. The Morgan fingerprint density at radius 3 is 2.58 bits per heavy atom. The summed E-state index contributed by atoms with van der Waals surface area (Å²) in [5, 5.41) is 9.47. The van der Waals surface area contributed by atoms with Crippen LogP contribution in [-0.4, -0.2) is 48.1 Å². The highest BCUT2D eigenvalue weighted by atomic mass is 16.5. The van der Waals surface area contributed by atoms with Crippen LogP contribution in [0.1, 0.15) is 38.4 Å². The summed E-state index contributed by atoms with van der Waals surface area (Å²) in [6.07, 6.45) is 2.74. The van der Waals surface area contributed by atoms with Crippen molar-refractivity contribution in [1.82, 2.24) is 10.3 Å². The molecule has 24 heavy (non-hydrogen) atoms. The summed E-state index contributed by atoms with van der Waals surface area (Å²) < 4.78 is 10.3. The molecule has 132 valence electrons. The average molecular weight is 337 g/mol. The molecule has 0 fully saturated rings. The highest BCUT2D eigenvalue weighted by Crippen LogP contribution is 2.16. The zero-order valence-electron chi connectivity index (χ0n) is 14.0. The Bertz CT molecular complexity index is 568. The van der Waals surface area contributed by atoms with E-state index in [1.807, 2.05) is 0 Å². The number of ether oxygens (including phenoxy) is 2. The lowest BCUT2D eigenvalue weighted by Crippen LogP contribution is -2.45. The highest BCUT2D eigenvalue weighted by molar-refractivity contribution is 6.26. The van der Waals surface area contributed by atoms with Gasteiger partial charge in [0.2, 0.25) is 0 Å². The lowest BCUT2D eigenvalue weighted by atomic mass is 10.1. The maximum Gasteiger partial charge on any atom is 0.328 e. The van der Waals surface area contributed by atoms with Gasteiger partial charge in [-0.15, -0.1) is 0 Å². The van der Waals surface area contributed by atoms with Gasteiger partial charge in [0.15, 0.2) is 11.9 Å². The van der Waals surface area contributed by atoms with Crippen LogP contribution in [0.3, 0.4) is 0 Å². The maximum absolute atomic E-state index is 12.4. The molecule has 0 aliphatic carbocycles. The normalized spacial score (nSPS) is 13.2. The van der Waals surface area contributed by atoms with E-state index in [4.69, 9.17) is 14.9 Å². The van der Waals surface area contributed by atoms with Crippen molar-refractivity contribution in [1.29, 1.82) is 5.41 Å². The molecule has 0 aromatic carbocycles. The summed E-state index contributed by atoms with van der Waals surface area (Å²) in [5.41, 5.74) is 0.613. The van der Waals surface area contributed by atoms with Gasteiger partial charge in [0.05, 0.1) is 12.3 Å². The number of aromatic amines is 1. The Morgan fingerprint density at radius 2 is 2.08 bits per heavy atom. The number of methoxy groups -OCH3 is 1. The van der Waals surface area contributed by atoms with Gasteiger partial charge in [0.25, 0.3) is 5.91 Å². The number of Topliss-reactive ketones (excluding diaryl/α,β-unsaturated/α-hetero) is 1. The molecule has 0 saturated carbocycles. The zero-order chi connectivity index (χ0) is 18.1. The fraction of sp³-hybridized carbons (Fsp3) is 0.500. The molecular formula is C16H23N3O5. The van der Waals surface area contributed by atoms with Crippen molar-refractivity contribution in [2.45, 2.75) is 44.9 Å². The predicted octanol–water partition coefficient (Wildman–Crippen LogP) is 1.14. The van der Waals surface area contributed by atoms with Crippen LogP contribution in [-0.2, 0) is 23.9 Å². The van der Waals surface area contributed by atoms with Crippen molar-refractivity contribution in [2.24, 2.45) is 0 Å². The van der Waals surface area contributed by atoms with Crippen LogP contribution in [0.4, 0.5) is 0 Å². The summed E-state index contributed by atoms with van der Waals surface area (Å²) in [6.45, 7) is 3.38.